The van der Waals surface area contributed by atoms with Gasteiger partial charge in [-0.15, -0.1) is 0 Å². The van der Waals surface area contributed by atoms with Gasteiger partial charge in [0.25, 0.3) is 0 Å². The van der Waals surface area contributed by atoms with E-state index < -0.39 is 5.79 Å². The van der Waals surface area contributed by atoms with Crippen LogP contribution in [0.4, 0.5) is 0 Å². The summed E-state index contributed by atoms with van der Waals surface area (Å²) in [5, 5.41) is 0. The lowest BCUT2D eigenvalue weighted by Gasteiger charge is -2.38. The van der Waals surface area contributed by atoms with E-state index in [1.54, 1.807) is 0 Å². The molecule has 18 heavy (non-hydrogen) atoms. The Morgan fingerprint density at radius 2 is 2.17 bits per heavy atom. The van der Waals surface area contributed by atoms with Crippen molar-refractivity contribution in [3.05, 3.63) is 12.2 Å². The van der Waals surface area contributed by atoms with E-state index in [4.69, 9.17) is 15.2 Å². The Balaban J connectivity index is 2.27. The molecule has 1 aliphatic rings. The molecule has 0 amide bonds. The molecule has 0 saturated carbocycles. The topological polar surface area (TPSA) is 44.5 Å². The minimum atomic E-state index is -0.512. The Morgan fingerprint density at radius 3 is 2.83 bits per heavy atom. The molecular formula is C15H29NO2. The van der Waals surface area contributed by atoms with E-state index in [1.165, 1.54) is 19.3 Å². The highest BCUT2D eigenvalue weighted by Crippen LogP contribution is 2.22. The van der Waals surface area contributed by atoms with Crippen LogP contribution < -0.4 is 5.73 Å². The molecule has 0 aliphatic carbocycles. The third-order valence-corrected chi connectivity index (χ3v) is 3.56. The van der Waals surface area contributed by atoms with Crippen LogP contribution in [0.1, 0.15) is 53.4 Å². The van der Waals surface area contributed by atoms with Gasteiger partial charge in [0.1, 0.15) is 0 Å². The van der Waals surface area contributed by atoms with Crippen LogP contribution in [-0.4, -0.2) is 24.5 Å². The van der Waals surface area contributed by atoms with Gasteiger partial charge in [-0.25, -0.2) is 0 Å². The fraction of sp³-hybridized carbons (Fsp3) is 0.867. The third-order valence-electron chi connectivity index (χ3n) is 3.56. The van der Waals surface area contributed by atoms with Gasteiger partial charge >= 0.3 is 0 Å². The van der Waals surface area contributed by atoms with Gasteiger partial charge in [0, 0.05) is 0 Å². The van der Waals surface area contributed by atoms with Gasteiger partial charge in [0.2, 0.25) is 0 Å². The van der Waals surface area contributed by atoms with E-state index in [0.717, 1.165) is 12.3 Å². The Kier molecular flexibility index (Phi) is 6.33. The van der Waals surface area contributed by atoms with Crippen molar-refractivity contribution in [3.8, 4) is 0 Å². The van der Waals surface area contributed by atoms with Crippen LogP contribution in [0.2, 0.25) is 0 Å². The van der Waals surface area contributed by atoms with Crippen molar-refractivity contribution in [2.45, 2.75) is 71.3 Å². The fourth-order valence-electron chi connectivity index (χ4n) is 2.04. The number of allylic oxidation sites excluding steroid dienone is 1. The molecular weight excluding hydrogens is 226 g/mol. The van der Waals surface area contributed by atoms with Crippen molar-refractivity contribution in [3.63, 3.8) is 0 Å². The molecule has 0 aromatic carbocycles. The average Bonchev–Trinajstić information content (AvgIpc) is 2.32. The Labute approximate surface area is 112 Å². The highest BCUT2D eigenvalue weighted by Gasteiger charge is 2.32. The molecule has 1 rings (SSSR count). The zero-order valence-electron chi connectivity index (χ0n) is 12.3. The van der Waals surface area contributed by atoms with Crippen LogP contribution in [0, 0.1) is 5.92 Å². The number of ether oxygens (including phenoxy) is 2. The summed E-state index contributed by atoms with van der Waals surface area (Å²) in [6, 6.07) is -0.0520. The van der Waals surface area contributed by atoms with Gasteiger partial charge in [-0.3, -0.25) is 0 Å². The van der Waals surface area contributed by atoms with Gasteiger partial charge in [0.15, 0.2) is 5.79 Å². The minimum Gasteiger partial charge on any atom is -0.349 e. The monoisotopic (exact) mass is 255 g/mol. The molecule has 0 aromatic heterocycles. The smallest absolute Gasteiger partial charge is 0.163 e. The molecule has 3 heteroatoms. The number of nitrogens with two attached hydrogens (primary N) is 1. The van der Waals surface area contributed by atoms with E-state index in [0.29, 0.717) is 6.61 Å². The number of unbranched alkanes of at least 4 members (excludes halogenated alkanes) is 1. The van der Waals surface area contributed by atoms with Crippen LogP contribution in [0.25, 0.3) is 0 Å². The van der Waals surface area contributed by atoms with Gasteiger partial charge in [-0.1, -0.05) is 38.8 Å². The van der Waals surface area contributed by atoms with E-state index in [2.05, 4.69) is 26.0 Å². The van der Waals surface area contributed by atoms with Crippen molar-refractivity contribution < 1.29 is 9.47 Å². The Hall–Kier alpha value is -0.380. The fourth-order valence-corrected chi connectivity index (χ4v) is 2.04. The first-order valence-corrected chi connectivity index (χ1v) is 7.18. The molecule has 1 fully saturated rings. The summed E-state index contributed by atoms with van der Waals surface area (Å²) < 4.78 is 11.3. The minimum absolute atomic E-state index is 0.0163. The summed E-state index contributed by atoms with van der Waals surface area (Å²) in [5.41, 5.74) is 5.98. The predicted molar refractivity (Wildman–Crippen MR) is 75.3 cm³/mol. The molecule has 0 spiro atoms. The molecule has 1 unspecified atom stereocenters. The summed E-state index contributed by atoms with van der Waals surface area (Å²) in [7, 11) is 0. The maximum atomic E-state index is 5.98. The van der Waals surface area contributed by atoms with Crippen molar-refractivity contribution >= 4 is 0 Å². The molecule has 106 valence electrons. The molecule has 1 aliphatic heterocycles. The zero-order valence-corrected chi connectivity index (χ0v) is 12.3. The zero-order chi connectivity index (χ0) is 13.6. The quantitative estimate of drug-likeness (QED) is 0.585. The van der Waals surface area contributed by atoms with Crippen LogP contribution >= 0.6 is 0 Å². The number of rotatable bonds is 6. The van der Waals surface area contributed by atoms with E-state index >= 15 is 0 Å². The second-order valence-electron chi connectivity index (χ2n) is 5.83. The molecule has 1 saturated heterocycles. The maximum Gasteiger partial charge on any atom is 0.163 e. The maximum absolute atomic E-state index is 5.98. The van der Waals surface area contributed by atoms with Crippen molar-refractivity contribution in [1.29, 1.82) is 0 Å². The second kappa shape index (κ2) is 7.27. The van der Waals surface area contributed by atoms with Crippen LogP contribution in [-0.2, 0) is 9.47 Å². The molecule has 0 aromatic rings. The first-order valence-electron chi connectivity index (χ1n) is 7.18. The van der Waals surface area contributed by atoms with E-state index in [9.17, 15) is 0 Å². The first-order chi connectivity index (χ1) is 8.44. The van der Waals surface area contributed by atoms with Gasteiger partial charge in [-0.2, -0.15) is 0 Å². The summed E-state index contributed by atoms with van der Waals surface area (Å²) in [5.74, 6) is 0.320. The predicted octanol–water partition coefficient (Wildman–Crippen LogP) is 3.24. The molecule has 1 heterocycles. The summed E-state index contributed by atoms with van der Waals surface area (Å²) in [4.78, 5) is 0. The molecule has 3 nitrogen and oxygen atoms in total. The lowest BCUT2D eigenvalue weighted by Crippen LogP contribution is -2.51. The van der Waals surface area contributed by atoms with Gasteiger partial charge < -0.3 is 15.2 Å². The largest absolute Gasteiger partial charge is 0.349 e. The third kappa shape index (κ3) is 5.51. The highest BCUT2D eigenvalue weighted by atomic mass is 16.7. The van der Waals surface area contributed by atoms with Crippen LogP contribution in [0.15, 0.2) is 12.2 Å². The van der Waals surface area contributed by atoms with Crippen molar-refractivity contribution in [1.82, 2.24) is 0 Å². The lowest BCUT2D eigenvalue weighted by molar-refractivity contribution is -0.268. The van der Waals surface area contributed by atoms with Crippen molar-refractivity contribution in [2.24, 2.45) is 11.7 Å². The molecule has 3 atom stereocenters. The summed E-state index contributed by atoms with van der Waals surface area (Å²) in [6.07, 6.45) is 9.21. The highest BCUT2D eigenvalue weighted by molar-refractivity contribution is 4.97. The summed E-state index contributed by atoms with van der Waals surface area (Å²) in [6.45, 7) is 8.99. The molecule has 0 bridgehead atoms. The normalized spacial score (nSPS) is 29.6. The SMILES string of the molecule is CCC(C)CCC/C=C/[C@H]1OC(C)(C)OC[C@@H]1N. The average molecular weight is 255 g/mol. The Bertz CT molecular complexity index is 263. The van der Waals surface area contributed by atoms with Gasteiger partial charge in [0.05, 0.1) is 18.8 Å². The van der Waals surface area contributed by atoms with E-state index in [-0.39, 0.29) is 12.1 Å². The number of hydrogen-bond donors (Lipinski definition) is 1. The van der Waals surface area contributed by atoms with Crippen molar-refractivity contribution in [2.75, 3.05) is 6.61 Å². The summed E-state index contributed by atoms with van der Waals surface area (Å²) >= 11 is 0. The lowest BCUT2D eigenvalue weighted by atomic mass is 10.0. The van der Waals surface area contributed by atoms with Gasteiger partial charge in [-0.05, 0) is 32.6 Å². The first kappa shape index (κ1) is 15.7. The van der Waals surface area contributed by atoms with E-state index in [1.807, 2.05) is 13.8 Å². The van der Waals surface area contributed by atoms with Crippen LogP contribution in [0.3, 0.4) is 0 Å². The van der Waals surface area contributed by atoms with Crippen LogP contribution in [0.5, 0.6) is 0 Å². The second-order valence-corrected chi connectivity index (χ2v) is 5.83. The standard InChI is InChI=1S/C15H29NO2/c1-5-12(2)9-7-6-8-10-14-13(16)11-17-15(3,4)18-14/h8,10,12-14H,5-7,9,11,16H2,1-4H3/b10-8+/t12?,13-,14+/m0/s1. The Morgan fingerprint density at radius 1 is 1.44 bits per heavy atom. The molecule has 2 N–H and O–H groups in total. The number of hydrogen-bond acceptors (Lipinski definition) is 3. The molecule has 0 radical (unpaired) electrons.